The summed E-state index contributed by atoms with van der Waals surface area (Å²) in [5.74, 6) is 0.384. The number of halogens is 1. The van der Waals surface area contributed by atoms with Crippen LogP contribution in [-0.2, 0) is 6.54 Å². The molecule has 0 aliphatic heterocycles. The van der Waals surface area contributed by atoms with Crippen molar-refractivity contribution in [2.45, 2.75) is 39.8 Å². The number of aromatic hydroxyl groups is 1. The van der Waals surface area contributed by atoms with Gasteiger partial charge in [-0.1, -0.05) is 15.9 Å². The average Bonchev–Trinajstić information content (AvgIpc) is 2.07. The lowest BCUT2D eigenvalue weighted by atomic mass is 10.1. The van der Waals surface area contributed by atoms with Crippen molar-refractivity contribution in [3.05, 3.63) is 27.7 Å². The van der Waals surface area contributed by atoms with Crippen LogP contribution in [0.1, 0.15) is 31.9 Å². The van der Waals surface area contributed by atoms with Crippen LogP contribution in [-0.4, -0.2) is 10.6 Å². The van der Waals surface area contributed by atoms with Gasteiger partial charge in [-0.15, -0.1) is 0 Å². The van der Waals surface area contributed by atoms with Crippen LogP contribution >= 0.6 is 15.9 Å². The largest absolute Gasteiger partial charge is 0.507 e. The molecular formula is C12H18BrNO. The SMILES string of the molecule is Cc1cc(Br)cc(CNC(C)(C)C)c1O. The van der Waals surface area contributed by atoms with Crippen LogP contribution < -0.4 is 5.32 Å². The Morgan fingerprint density at radius 1 is 1.33 bits per heavy atom. The molecular weight excluding hydrogens is 254 g/mol. The number of phenols is 1. The van der Waals surface area contributed by atoms with E-state index in [1.165, 1.54) is 0 Å². The molecule has 0 saturated carbocycles. The Hall–Kier alpha value is -0.540. The zero-order valence-corrected chi connectivity index (χ0v) is 11.3. The van der Waals surface area contributed by atoms with Crippen molar-refractivity contribution < 1.29 is 5.11 Å². The van der Waals surface area contributed by atoms with E-state index >= 15 is 0 Å². The first-order valence-corrected chi connectivity index (χ1v) is 5.82. The summed E-state index contributed by atoms with van der Waals surface area (Å²) in [6.45, 7) is 8.90. The molecule has 0 aliphatic rings. The van der Waals surface area contributed by atoms with E-state index in [4.69, 9.17) is 0 Å². The van der Waals surface area contributed by atoms with Gasteiger partial charge in [0.05, 0.1) is 0 Å². The van der Waals surface area contributed by atoms with Gasteiger partial charge in [0.1, 0.15) is 5.75 Å². The van der Waals surface area contributed by atoms with Gasteiger partial charge in [0.15, 0.2) is 0 Å². The van der Waals surface area contributed by atoms with E-state index in [1.807, 2.05) is 19.1 Å². The Kier molecular flexibility index (Phi) is 3.79. The van der Waals surface area contributed by atoms with Gasteiger partial charge in [-0.3, -0.25) is 0 Å². The number of aryl methyl sites for hydroxylation is 1. The third-order valence-electron chi connectivity index (χ3n) is 2.15. The molecule has 0 atom stereocenters. The van der Waals surface area contributed by atoms with E-state index in [1.54, 1.807) is 0 Å². The van der Waals surface area contributed by atoms with Crippen LogP contribution in [0, 0.1) is 6.92 Å². The molecule has 15 heavy (non-hydrogen) atoms. The molecule has 0 radical (unpaired) electrons. The zero-order valence-electron chi connectivity index (χ0n) is 9.69. The van der Waals surface area contributed by atoms with Gasteiger partial charge < -0.3 is 10.4 Å². The summed E-state index contributed by atoms with van der Waals surface area (Å²) in [6.07, 6.45) is 0. The van der Waals surface area contributed by atoms with E-state index in [0.717, 1.165) is 15.6 Å². The second kappa shape index (κ2) is 4.54. The fourth-order valence-electron chi connectivity index (χ4n) is 1.30. The van der Waals surface area contributed by atoms with Crippen LogP contribution in [0.4, 0.5) is 0 Å². The number of phenolic OH excluding ortho intramolecular Hbond substituents is 1. The highest BCUT2D eigenvalue weighted by Gasteiger charge is 2.11. The van der Waals surface area contributed by atoms with Gasteiger partial charge in [0.2, 0.25) is 0 Å². The van der Waals surface area contributed by atoms with Gasteiger partial charge in [0.25, 0.3) is 0 Å². The molecule has 0 aliphatic carbocycles. The van der Waals surface area contributed by atoms with Crippen molar-refractivity contribution in [1.82, 2.24) is 5.32 Å². The van der Waals surface area contributed by atoms with Gasteiger partial charge in [-0.2, -0.15) is 0 Å². The smallest absolute Gasteiger partial charge is 0.123 e. The molecule has 2 N–H and O–H groups in total. The molecule has 0 unspecified atom stereocenters. The molecule has 0 aromatic heterocycles. The van der Waals surface area contributed by atoms with E-state index in [2.05, 4.69) is 42.0 Å². The summed E-state index contributed by atoms with van der Waals surface area (Å²) in [4.78, 5) is 0. The Morgan fingerprint density at radius 2 is 1.93 bits per heavy atom. The Balaban J connectivity index is 2.86. The lowest BCUT2D eigenvalue weighted by molar-refractivity contribution is 0.411. The highest BCUT2D eigenvalue weighted by atomic mass is 79.9. The number of benzene rings is 1. The van der Waals surface area contributed by atoms with Crippen molar-refractivity contribution >= 4 is 15.9 Å². The molecule has 0 spiro atoms. The van der Waals surface area contributed by atoms with E-state index in [9.17, 15) is 5.11 Å². The summed E-state index contributed by atoms with van der Waals surface area (Å²) >= 11 is 3.43. The Labute approximate surface area is 99.8 Å². The number of hydrogen-bond acceptors (Lipinski definition) is 2. The van der Waals surface area contributed by atoms with Gasteiger partial charge in [-0.25, -0.2) is 0 Å². The first kappa shape index (κ1) is 12.5. The summed E-state index contributed by atoms with van der Waals surface area (Å²) in [7, 11) is 0. The quantitative estimate of drug-likeness (QED) is 0.865. The third-order valence-corrected chi connectivity index (χ3v) is 2.61. The standard InChI is InChI=1S/C12H18BrNO/c1-8-5-10(13)6-9(11(8)15)7-14-12(2,3)4/h5-6,14-15H,7H2,1-4H3. The summed E-state index contributed by atoms with van der Waals surface area (Å²) in [5.41, 5.74) is 1.88. The molecule has 3 heteroatoms. The zero-order chi connectivity index (χ0) is 11.6. The van der Waals surface area contributed by atoms with Crippen LogP contribution in [0.5, 0.6) is 5.75 Å². The van der Waals surface area contributed by atoms with Crippen molar-refractivity contribution in [1.29, 1.82) is 0 Å². The van der Waals surface area contributed by atoms with Crippen molar-refractivity contribution in [3.8, 4) is 5.75 Å². The first-order chi connectivity index (χ1) is 6.79. The lowest BCUT2D eigenvalue weighted by Gasteiger charge is -2.21. The molecule has 2 nitrogen and oxygen atoms in total. The van der Waals surface area contributed by atoms with Crippen LogP contribution in [0.2, 0.25) is 0 Å². The summed E-state index contributed by atoms with van der Waals surface area (Å²) < 4.78 is 1.00. The monoisotopic (exact) mass is 271 g/mol. The molecule has 1 rings (SSSR count). The van der Waals surface area contributed by atoms with E-state index in [0.29, 0.717) is 12.3 Å². The van der Waals surface area contributed by atoms with Crippen molar-refractivity contribution in [2.24, 2.45) is 0 Å². The molecule has 0 bridgehead atoms. The number of hydrogen-bond donors (Lipinski definition) is 2. The topological polar surface area (TPSA) is 32.3 Å². The maximum absolute atomic E-state index is 9.86. The highest BCUT2D eigenvalue weighted by molar-refractivity contribution is 9.10. The molecule has 1 aromatic carbocycles. The summed E-state index contributed by atoms with van der Waals surface area (Å²) in [5, 5.41) is 13.2. The van der Waals surface area contributed by atoms with Gasteiger partial charge in [-0.05, 0) is 45.4 Å². The molecule has 84 valence electrons. The maximum atomic E-state index is 9.86. The second-order valence-corrected chi connectivity index (χ2v) is 5.75. The van der Waals surface area contributed by atoms with E-state index < -0.39 is 0 Å². The van der Waals surface area contributed by atoms with Crippen molar-refractivity contribution in [3.63, 3.8) is 0 Å². The summed E-state index contributed by atoms with van der Waals surface area (Å²) in [6, 6.07) is 3.86. The van der Waals surface area contributed by atoms with Crippen molar-refractivity contribution in [2.75, 3.05) is 0 Å². The lowest BCUT2D eigenvalue weighted by Crippen LogP contribution is -2.35. The normalized spacial score (nSPS) is 11.8. The minimum absolute atomic E-state index is 0.0582. The first-order valence-electron chi connectivity index (χ1n) is 5.02. The predicted octanol–water partition coefficient (Wildman–Crippen LogP) is 3.35. The predicted molar refractivity (Wildman–Crippen MR) is 67.1 cm³/mol. The minimum Gasteiger partial charge on any atom is -0.507 e. The minimum atomic E-state index is 0.0582. The van der Waals surface area contributed by atoms with Crippen LogP contribution in [0.25, 0.3) is 0 Å². The fraction of sp³-hybridized carbons (Fsp3) is 0.500. The number of rotatable bonds is 2. The van der Waals surface area contributed by atoms with Gasteiger partial charge >= 0.3 is 0 Å². The molecule has 0 heterocycles. The third kappa shape index (κ3) is 3.84. The molecule has 0 amide bonds. The number of nitrogens with one attached hydrogen (secondary N) is 1. The molecule has 0 fully saturated rings. The van der Waals surface area contributed by atoms with Crippen LogP contribution in [0.3, 0.4) is 0 Å². The fourth-order valence-corrected chi connectivity index (χ4v) is 1.92. The molecule has 0 saturated heterocycles. The Morgan fingerprint density at radius 3 is 2.47 bits per heavy atom. The van der Waals surface area contributed by atoms with Crippen LogP contribution in [0.15, 0.2) is 16.6 Å². The Bertz CT molecular complexity index is 355. The highest BCUT2D eigenvalue weighted by Crippen LogP contribution is 2.26. The van der Waals surface area contributed by atoms with Gasteiger partial charge in [0, 0.05) is 22.1 Å². The second-order valence-electron chi connectivity index (χ2n) is 4.83. The van der Waals surface area contributed by atoms with E-state index in [-0.39, 0.29) is 5.54 Å². The average molecular weight is 272 g/mol. The maximum Gasteiger partial charge on any atom is 0.123 e. The molecule has 1 aromatic rings.